The summed E-state index contributed by atoms with van der Waals surface area (Å²) in [6, 6.07) is 4.45. The lowest BCUT2D eigenvalue weighted by atomic mass is 9.84. The van der Waals surface area contributed by atoms with E-state index in [9.17, 15) is 4.79 Å². The van der Waals surface area contributed by atoms with Gasteiger partial charge in [0.25, 0.3) is 0 Å². The molecule has 1 aromatic carbocycles. The standard InChI is InChI=1S/C18H24BrN3O2/c1-21(2)18(23)8-12-4-6-14(7-5-12)22-11-13-9-15(19)17(24-3)10-16(13)20-22/h9-12,14H,4-8H2,1-3H3. The molecule has 5 nitrogen and oxygen atoms in total. The van der Waals surface area contributed by atoms with Crippen LogP contribution in [0.3, 0.4) is 0 Å². The number of aromatic nitrogens is 2. The molecular weight excluding hydrogens is 370 g/mol. The number of rotatable bonds is 4. The van der Waals surface area contributed by atoms with Gasteiger partial charge in [-0.3, -0.25) is 9.48 Å². The van der Waals surface area contributed by atoms with Gasteiger partial charge in [-0.1, -0.05) is 0 Å². The summed E-state index contributed by atoms with van der Waals surface area (Å²) in [5.41, 5.74) is 0.958. The number of carbonyl (C=O) groups excluding carboxylic acids is 1. The van der Waals surface area contributed by atoms with Gasteiger partial charge in [0.05, 0.1) is 23.1 Å². The SMILES string of the molecule is COc1cc2nn(C3CCC(CC(=O)N(C)C)CC3)cc2cc1Br. The summed E-state index contributed by atoms with van der Waals surface area (Å²) >= 11 is 3.53. The molecule has 1 heterocycles. The van der Waals surface area contributed by atoms with E-state index in [0.717, 1.165) is 46.8 Å². The Bertz CT molecular complexity index is 733. The molecule has 2 aromatic rings. The molecule has 3 rings (SSSR count). The number of carbonyl (C=O) groups is 1. The number of fused-ring (bicyclic) bond motifs is 1. The maximum Gasteiger partial charge on any atom is 0.222 e. The summed E-state index contributed by atoms with van der Waals surface area (Å²) in [6.45, 7) is 0. The highest BCUT2D eigenvalue weighted by atomic mass is 79.9. The second-order valence-corrected chi connectivity index (χ2v) is 7.68. The van der Waals surface area contributed by atoms with Crippen molar-refractivity contribution in [3.8, 4) is 5.75 Å². The predicted octanol–water partition coefficient (Wildman–Crippen LogP) is 4.02. The number of ether oxygens (including phenoxy) is 1. The van der Waals surface area contributed by atoms with Gasteiger partial charge in [-0.05, 0) is 53.6 Å². The molecule has 1 aromatic heterocycles. The third-order valence-electron chi connectivity index (χ3n) is 4.95. The Hall–Kier alpha value is -1.56. The van der Waals surface area contributed by atoms with E-state index in [1.807, 2.05) is 20.2 Å². The normalized spacial score (nSPS) is 21.0. The third-order valence-corrected chi connectivity index (χ3v) is 5.57. The van der Waals surface area contributed by atoms with Crippen molar-refractivity contribution in [2.75, 3.05) is 21.2 Å². The van der Waals surface area contributed by atoms with Crippen LogP contribution in [0.15, 0.2) is 22.8 Å². The fourth-order valence-electron chi connectivity index (χ4n) is 3.43. The van der Waals surface area contributed by atoms with Crippen molar-refractivity contribution >= 4 is 32.7 Å². The molecule has 130 valence electrons. The number of methoxy groups -OCH3 is 1. The summed E-state index contributed by atoms with van der Waals surface area (Å²) in [6.07, 6.45) is 7.14. The maximum atomic E-state index is 11.9. The van der Waals surface area contributed by atoms with Gasteiger partial charge in [-0.2, -0.15) is 5.10 Å². The number of hydrogen-bond donors (Lipinski definition) is 0. The molecule has 0 spiro atoms. The van der Waals surface area contributed by atoms with Crippen LogP contribution in [0, 0.1) is 5.92 Å². The monoisotopic (exact) mass is 393 g/mol. The zero-order chi connectivity index (χ0) is 17.3. The van der Waals surface area contributed by atoms with E-state index in [1.54, 1.807) is 12.0 Å². The van der Waals surface area contributed by atoms with Gasteiger partial charge >= 0.3 is 0 Å². The van der Waals surface area contributed by atoms with Gasteiger partial charge in [-0.25, -0.2) is 0 Å². The van der Waals surface area contributed by atoms with Crippen LogP contribution in [0.25, 0.3) is 10.9 Å². The van der Waals surface area contributed by atoms with Crippen molar-refractivity contribution in [1.82, 2.24) is 14.7 Å². The van der Waals surface area contributed by atoms with Crippen LogP contribution in [-0.2, 0) is 4.79 Å². The quantitative estimate of drug-likeness (QED) is 0.787. The van der Waals surface area contributed by atoms with Gasteiger partial charge in [0.1, 0.15) is 5.75 Å². The van der Waals surface area contributed by atoms with Crippen molar-refractivity contribution < 1.29 is 9.53 Å². The number of halogens is 1. The number of hydrogen-bond acceptors (Lipinski definition) is 3. The fourth-order valence-corrected chi connectivity index (χ4v) is 3.95. The summed E-state index contributed by atoms with van der Waals surface area (Å²) in [7, 11) is 5.32. The first-order valence-electron chi connectivity index (χ1n) is 8.40. The molecule has 0 saturated heterocycles. The van der Waals surface area contributed by atoms with Gasteiger partial charge in [0.15, 0.2) is 0 Å². The molecule has 0 radical (unpaired) electrons. The lowest BCUT2D eigenvalue weighted by molar-refractivity contribution is -0.130. The average molecular weight is 394 g/mol. The zero-order valence-corrected chi connectivity index (χ0v) is 16.0. The lowest BCUT2D eigenvalue weighted by Crippen LogP contribution is -2.26. The molecule has 0 bridgehead atoms. The molecule has 6 heteroatoms. The second kappa shape index (κ2) is 7.13. The molecule has 0 atom stereocenters. The molecule has 0 N–H and O–H groups in total. The molecule has 1 aliphatic carbocycles. The summed E-state index contributed by atoms with van der Waals surface area (Å²) in [5.74, 6) is 1.55. The van der Waals surface area contributed by atoms with Crippen molar-refractivity contribution in [2.45, 2.75) is 38.1 Å². The van der Waals surface area contributed by atoms with Crippen molar-refractivity contribution in [3.05, 3.63) is 22.8 Å². The number of benzene rings is 1. The summed E-state index contributed by atoms with van der Waals surface area (Å²) in [4.78, 5) is 13.6. The van der Waals surface area contributed by atoms with Crippen LogP contribution < -0.4 is 4.74 Å². The molecule has 0 aliphatic heterocycles. The fraction of sp³-hybridized carbons (Fsp3) is 0.556. The minimum Gasteiger partial charge on any atom is -0.495 e. The van der Waals surface area contributed by atoms with E-state index in [2.05, 4.69) is 32.9 Å². The predicted molar refractivity (Wildman–Crippen MR) is 98.3 cm³/mol. The Kier molecular flexibility index (Phi) is 5.13. The van der Waals surface area contributed by atoms with E-state index in [-0.39, 0.29) is 5.91 Å². The van der Waals surface area contributed by atoms with Crippen LogP contribution in [0.5, 0.6) is 5.75 Å². The van der Waals surface area contributed by atoms with E-state index in [0.29, 0.717) is 18.4 Å². The first kappa shape index (κ1) is 17.3. The van der Waals surface area contributed by atoms with Crippen LogP contribution in [-0.4, -0.2) is 41.8 Å². The van der Waals surface area contributed by atoms with E-state index in [4.69, 9.17) is 9.84 Å². The van der Waals surface area contributed by atoms with Crippen molar-refractivity contribution in [2.24, 2.45) is 5.92 Å². The Morgan fingerprint density at radius 2 is 2.04 bits per heavy atom. The zero-order valence-electron chi connectivity index (χ0n) is 14.5. The smallest absolute Gasteiger partial charge is 0.222 e. The van der Waals surface area contributed by atoms with E-state index in [1.165, 1.54) is 0 Å². The van der Waals surface area contributed by atoms with Crippen LogP contribution in [0.2, 0.25) is 0 Å². The molecule has 24 heavy (non-hydrogen) atoms. The highest BCUT2D eigenvalue weighted by molar-refractivity contribution is 9.10. The molecule has 1 aliphatic rings. The average Bonchev–Trinajstić information content (AvgIpc) is 2.97. The minimum atomic E-state index is 0.236. The van der Waals surface area contributed by atoms with E-state index >= 15 is 0 Å². The van der Waals surface area contributed by atoms with Crippen molar-refractivity contribution in [3.63, 3.8) is 0 Å². The topological polar surface area (TPSA) is 47.4 Å². The summed E-state index contributed by atoms with van der Waals surface area (Å²) < 4.78 is 8.39. The number of amides is 1. The molecule has 1 fully saturated rings. The van der Waals surface area contributed by atoms with Crippen molar-refractivity contribution in [1.29, 1.82) is 0 Å². The van der Waals surface area contributed by atoms with Gasteiger partial charge in [0, 0.05) is 38.2 Å². The Labute approximate surface area is 151 Å². The number of nitrogens with zero attached hydrogens (tertiary/aromatic N) is 3. The highest BCUT2D eigenvalue weighted by Gasteiger charge is 2.25. The Morgan fingerprint density at radius 3 is 2.67 bits per heavy atom. The maximum absolute atomic E-state index is 11.9. The lowest BCUT2D eigenvalue weighted by Gasteiger charge is -2.29. The molecular formula is C18H24BrN3O2. The molecule has 1 saturated carbocycles. The first-order chi connectivity index (χ1) is 11.5. The molecule has 0 unspecified atom stereocenters. The Morgan fingerprint density at radius 1 is 1.33 bits per heavy atom. The van der Waals surface area contributed by atoms with Gasteiger partial charge in [-0.15, -0.1) is 0 Å². The largest absolute Gasteiger partial charge is 0.495 e. The van der Waals surface area contributed by atoms with Crippen LogP contribution >= 0.6 is 15.9 Å². The van der Waals surface area contributed by atoms with Gasteiger partial charge < -0.3 is 9.64 Å². The van der Waals surface area contributed by atoms with Crippen LogP contribution in [0.1, 0.15) is 38.1 Å². The van der Waals surface area contributed by atoms with Crippen LogP contribution in [0.4, 0.5) is 0 Å². The third kappa shape index (κ3) is 3.58. The van der Waals surface area contributed by atoms with Gasteiger partial charge in [0.2, 0.25) is 5.91 Å². The second-order valence-electron chi connectivity index (χ2n) is 6.82. The molecule has 1 amide bonds. The van der Waals surface area contributed by atoms with E-state index < -0.39 is 0 Å². The highest BCUT2D eigenvalue weighted by Crippen LogP contribution is 2.35. The Balaban J connectivity index is 1.68. The first-order valence-corrected chi connectivity index (χ1v) is 9.19. The minimum absolute atomic E-state index is 0.236. The summed E-state index contributed by atoms with van der Waals surface area (Å²) in [5, 5.41) is 5.86.